The Morgan fingerprint density at radius 1 is 1.82 bits per heavy atom. The minimum Gasteiger partial charge on any atom is -0.280 e. The minimum atomic E-state index is 1.06. The summed E-state index contributed by atoms with van der Waals surface area (Å²) in [5.74, 6) is 0. The molecule has 0 saturated carbocycles. The summed E-state index contributed by atoms with van der Waals surface area (Å²) in [6.45, 7) is 0. The third-order valence-corrected chi connectivity index (χ3v) is 3.85. The molecule has 4 heteroatoms. The maximum absolute atomic E-state index is 4.21. The number of halogens is 1. The molecule has 0 spiro atoms. The van der Waals surface area contributed by atoms with Gasteiger partial charge in [0, 0.05) is 7.05 Å². The van der Waals surface area contributed by atoms with Crippen molar-refractivity contribution in [2.24, 2.45) is 4.99 Å². The molecule has 0 aliphatic carbocycles. The molecule has 0 saturated heterocycles. The van der Waals surface area contributed by atoms with Crippen molar-refractivity contribution in [3.63, 3.8) is 0 Å². The second-order valence-electron chi connectivity index (χ2n) is 1.76. The second kappa shape index (κ2) is 5.16. The number of rotatable bonds is 2. The van der Waals surface area contributed by atoms with Crippen LogP contribution < -0.4 is 0 Å². The summed E-state index contributed by atoms with van der Waals surface area (Å²) < 4.78 is 1.06. The van der Waals surface area contributed by atoms with E-state index in [1.807, 2.05) is 7.05 Å². The number of thioether (sulfide) groups is 1. The second-order valence-corrected chi connectivity index (χ2v) is 5.47. The zero-order chi connectivity index (χ0) is 8.10. The van der Waals surface area contributed by atoms with Crippen molar-refractivity contribution >= 4 is 50.7 Å². The number of alkyl halides is 1. The van der Waals surface area contributed by atoms with Crippen molar-refractivity contribution in [3.05, 3.63) is 22.4 Å². The Labute approximate surface area is 88.4 Å². The maximum Gasteiger partial charge on any atom is 0.108 e. The Kier molecular flexibility index (Phi) is 4.47. The van der Waals surface area contributed by atoms with Crippen LogP contribution in [-0.2, 0) is 0 Å². The van der Waals surface area contributed by atoms with Crippen LogP contribution in [0.4, 0.5) is 0 Å². The Hall–Kier alpha value is 0.450. The molecule has 0 amide bonds. The van der Waals surface area contributed by atoms with Gasteiger partial charge in [-0.3, -0.25) is 4.99 Å². The van der Waals surface area contributed by atoms with Crippen LogP contribution in [0.3, 0.4) is 0 Å². The lowest BCUT2D eigenvalue weighted by molar-refractivity contribution is 1.47. The first-order valence-electron chi connectivity index (χ1n) is 3.08. The predicted octanol–water partition coefficient (Wildman–Crippen LogP) is 3.25. The van der Waals surface area contributed by atoms with Gasteiger partial charge in [0.1, 0.15) is 5.04 Å². The van der Waals surface area contributed by atoms with E-state index in [9.17, 15) is 0 Å². The van der Waals surface area contributed by atoms with E-state index in [0.717, 1.165) is 8.80 Å². The van der Waals surface area contributed by atoms with Gasteiger partial charge in [-0.1, -0.05) is 40.4 Å². The van der Waals surface area contributed by atoms with Gasteiger partial charge in [0.15, 0.2) is 0 Å². The van der Waals surface area contributed by atoms with Gasteiger partial charge in [-0.05, 0) is 11.4 Å². The number of nitrogens with zero attached hydrogens (tertiary/aromatic N) is 1. The highest BCUT2D eigenvalue weighted by Gasteiger charge is 2.01. The number of hydrogen-bond acceptors (Lipinski definition) is 3. The van der Waals surface area contributed by atoms with E-state index in [1.54, 1.807) is 23.1 Å². The van der Waals surface area contributed by atoms with Crippen LogP contribution in [0.5, 0.6) is 0 Å². The minimum absolute atomic E-state index is 1.06. The zero-order valence-corrected chi connectivity index (χ0v) is 9.87. The lowest BCUT2D eigenvalue weighted by atomic mass is 10.5. The lowest BCUT2D eigenvalue weighted by Gasteiger charge is -1.97. The average Bonchev–Trinajstić information content (AvgIpc) is 2.52. The van der Waals surface area contributed by atoms with Crippen molar-refractivity contribution in [2.75, 3.05) is 10.8 Å². The molecule has 1 nitrogen and oxygen atoms in total. The fraction of sp³-hybridized carbons (Fsp3) is 0.286. The molecule has 1 rings (SSSR count). The predicted molar refractivity (Wildman–Crippen MR) is 63.3 cm³/mol. The van der Waals surface area contributed by atoms with Gasteiger partial charge in [-0.15, -0.1) is 11.3 Å². The summed E-state index contributed by atoms with van der Waals surface area (Å²) in [5, 5.41) is 3.23. The molecule has 0 unspecified atom stereocenters. The molecule has 0 aliphatic heterocycles. The summed E-state index contributed by atoms with van der Waals surface area (Å²) >= 11 is 5.86. The van der Waals surface area contributed by atoms with Crippen molar-refractivity contribution in [3.8, 4) is 0 Å². The van der Waals surface area contributed by atoms with E-state index in [2.05, 4.69) is 45.1 Å². The van der Waals surface area contributed by atoms with Crippen molar-refractivity contribution in [1.29, 1.82) is 0 Å². The van der Waals surface area contributed by atoms with Crippen LogP contribution in [0.25, 0.3) is 0 Å². The van der Waals surface area contributed by atoms with Gasteiger partial charge in [-0.25, -0.2) is 0 Å². The normalized spacial score (nSPS) is 12.0. The van der Waals surface area contributed by atoms with E-state index >= 15 is 0 Å². The van der Waals surface area contributed by atoms with Crippen LogP contribution in [0, 0.1) is 0 Å². The molecule has 1 heterocycles. The molecule has 11 heavy (non-hydrogen) atoms. The van der Waals surface area contributed by atoms with Crippen molar-refractivity contribution < 1.29 is 0 Å². The zero-order valence-electron chi connectivity index (χ0n) is 6.08. The first-order valence-corrected chi connectivity index (χ1v) is 6.47. The summed E-state index contributed by atoms with van der Waals surface area (Å²) in [7, 11) is 1.84. The Balaban J connectivity index is 2.72. The number of hydrogen-bond donors (Lipinski definition) is 0. The number of thiophene rings is 1. The molecular weight excluding hydrogens is 289 g/mol. The van der Waals surface area contributed by atoms with Crippen molar-refractivity contribution in [2.45, 2.75) is 0 Å². The van der Waals surface area contributed by atoms with Crippen LogP contribution >= 0.6 is 45.7 Å². The van der Waals surface area contributed by atoms with Gasteiger partial charge in [0.25, 0.3) is 0 Å². The molecule has 60 valence electrons. The first kappa shape index (κ1) is 9.54. The van der Waals surface area contributed by atoms with Crippen LogP contribution in [0.1, 0.15) is 4.88 Å². The molecule has 0 aliphatic rings. The van der Waals surface area contributed by atoms with Gasteiger partial charge < -0.3 is 0 Å². The van der Waals surface area contributed by atoms with Crippen LogP contribution in [-0.4, -0.2) is 15.9 Å². The summed E-state index contributed by atoms with van der Waals surface area (Å²) in [5.41, 5.74) is 0. The molecular formula is C7H8INS2. The molecule has 0 N–H and O–H groups in total. The van der Waals surface area contributed by atoms with Gasteiger partial charge in [0.05, 0.1) is 8.64 Å². The average molecular weight is 297 g/mol. The smallest absolute Gasteiger partial charge is 0.108 e. The topological polar surface area (TPSA) is 12.4 Å². The third kappa shape index (κ3) is 2.76. The Morgan fingerprint density at radius 2 is 2.64 bits per heavy atom. The molecule has 0 atom stereocenters. The molecule has 0 radical (unpaired) electrons. The molecule has 0 fully saturated rings. The molecule has 1 aromatic rings. The lowest BCUT2D eigenvalue weighted by Crippen LogP contribution is -1.90. The monoisotopic (exact) mass is 297 g/mol. The van der Waals surface area contributed by atoms with Gasteiger partial charge in [-0.2, -0.15) is 0 Å². The van der Waals surface area contributed by atoms with E-state index in [0.29, 0.717) is 0 Å². The summed E-state index contributed by atoms with van der Waals surface area (Å²) in [4.78, 5) is 5.48. The van der Waals surface area contributed by atoms with E-state index in [1.165, 1.54) is 4.88 Å². The van der Waals surface area contributed by atoms with Crippen molar-refractivity contribution in [1.82, 2.24) is 0 Å². The quantitative estimate of drug-likeness (QED) is 0.353. The largest absolute Gasteiger partial charge is 0.280 e. The van der Waals surface area contributed by atoms with Gasteiger partial charge in [0.2, 0.25) is 0 Å². The Bertz CT molecular complexity index is 231. The SMILES string of the molecule is CN=C(SCI)c1cccs1. The fourth-order valence-corrected chi connectivity index (χ4v) is 3.00. The Morgan fingerprint density at radius 3 is 3.09 bits per heavy atom. The number of aliphatic imine (C=N–C) groups is 1. The van der Waals surface area contributed by atoms with Crippen LogP contribution in [0.2, 0.25) is 0 Å². The van der Waals surface area contributed by atoms with E-state index in [4.69, 9.17) is 0 Å². The maximum atomic E-state index is 4.21. The molecule has 0 aromatic carbocycles. The summed E-state index contributed by atoms with van der Waals surface area (Å²) in [6, 6.07) is 4.16. The van der Waals surface area contributed by atoms with Crippen LogP contribution in [0.15, 0.2) is 22.5 Å². The fourth-order valence-electron chi connectivity index (χ4n) is 0.698. The van der Waals surface area contributed by atoms with E-state index in [-0.39, 0.29) is 0 Å². The highest BCUT2D eigenvalue weighted by atomic mass is 127. The van der Waals surface area contributed by atoms with E-state index < -0.39 is 0 Å². The highest BCUT2D eigenvalue weighted by molar-refractivity contribution is 14.1. The third-order valence-electron chi connectivity index (χ3n) is 1.13. The van der Waals surface area contributed by atoms with Gasteiger partial charge >= 0.3 is 0 Å². The standard InChI is InChI=1S/C7H8INS2/c1-9-7(11-5-8)6-3-2-4-10-6/h2-4H,5H2,1H3. The molecule has 1 aromatic heterocycles. The molecule has 0 bridgehead atoms. The first-order chi connectivity index (χ1) is 5.38. The highest BCUT2D eigenvalue weighted by Crippen LogP contribution is 2.19. The summed E-state index contributed by atoms with van der Waals surface area (Å²) in [6.07, 6.45) is 0.